The lowest BCUT2D eigenvalue weighted by atomic mass is 9.97. The maximum absolute atomic E-state index is 6.20. The molecule has 1 saturated heterocycles. The molecule has 100 valence electrons. The molecule has 0 N–H and O–H groups in total. The second kappa shape index (κ2) is 5.17. The molecule has 0 amide bonds. The van der Waals surface area contributed by atoms with Crippen LogP contribution in [0.25, 0.3) is 0 Å². The second-order valence-electron chi connectivity index (χ2n) is 4.79. The normalized spacial score (nSPS) is 19.7. The van der Waals surface area contributed by atoms with Crippen LogP contribution >= 0.6 is 11.6 Å². The van der Waals surface area contributed by atoms with Gasteiger partial charge >= 0.3 is 0 Å². The number of hydrogen-bond donors (Lipinski definition) is 0. The van der Waals surface area contributed by atoms with Crippen LogP contribution in [0.3, 0.4) is 0 Å². The van der Waals surface area contributed by atoms with E-state index >= 15 is 0 Å². The zero-order valence-electron chi connectivity index (χ0n) is 10.7. The Bertz CT molecular complexity index is 571. The first-order chi connectivity index (χ1) is 9.24. The van der Waals surface area contributed by atoms with Gasteiger partial charge in [-0.3, -0.25) is 4.98 Å². The molecule has 3 heterocycles. The molecule has 0 aromatic carbocycles. The maximum Gasteiger partial charge on any atom is 0.231 e. The summed E-state index contributed by atoms with van der Waals surface area (Å²) < 4.78 is 5.29. The summed E-state index contributed by atoms with van der Waals surface area (Å²) in [4.78, 5) is 10.6. The third kappa shape index (κ3) is 2.56. The highest BCUT2D eigenvalue weighted by atomic mass is 35.5. The van der Waals surface area contributed by atoms with E-state index in [0.717, 1.165) is 37.5 Å². The van der Waals surface area contributed by atoms with Gasteiger partial charge in [0.1, 0.15) is 0 Å². The summed E-state index contributed by atoms with van der Waals surface area (Å²) in [7, 11) is 0. The minimum atomic E-state index is 0.277. The van der Waals surface area contributed by atoms with Crippen molar-refractivity contribution in [3.63, 3.8) is 0 Å². The lowest BCUT2D eigenvalue weighted by Crippen LogP contribution is -2.34. The van der Waals surface area contributed by atoms with Gasteiger partial charge in [0, 0.05) is 25.5 Å². The van der Waals surface area contributed by atoms with Crippen LogP contribution in [0.5, 0.6) is 0 Å². The van der Waals surface area contributed by atoms with Crippen LogP contribution in [-0.2, 0) is 0 Å². The zero-order chi connectivity index (χ0) is 13.2. The summed E-state index contributed by atoms with van der Waals surface area (Å²) in [5, 5.41) is 4.55. The van der Waals surface area contributed by atoms with E-state index in [9.17, 15) is 0 Å². The molecule has 0 saturated carbocycles. The van der Waals surface area contributed by atoms with E-state index in [0.29, 0.717) is 10.8 Å². The molecule has 1 aliphatic rings. The van der Waals surface area contributed by atoms with Gasteiger partial charge in [0.05, 0.1) is 16.6 Å². The number of halogens is 1. The largest absolute Gasteiger partial charge is 0.369 e. The van der Waals surface area contributed by atoms with Crippen LogP contribution in [-0.4, -0.2) is 28.2 Å². The Balaban J connectivity index is 1.80. The summed E-state index contributed by atoms with van der Waals surface area (Å²) >= 11 is 6.20. The Hall–Kier alpha value is -1.62. The first-order valence-electron chi connectivity index (χ1n) is 6.38. The number of pyridine rings is 1. The fourth-order valence-corrected chi connectivity index (χ4v) is 2.74. The summed E-state index contributed by atoms with van der Waals surface area (Å²) in [5.41, 5.74) is 1.03. The topological polar surface area (TPSA) is 55.1 Å². The molecule has 1 atom stereocenters. The fraction of sp³-hybridized carbons (Fsp3) is 0.462. The van der Waals surface area contributed by atoms with E-state index in [1.807, 2.05) is 13.0 Å². The van der Waals surface area contributed by atoms with Crippen LogP contribution in [0.2, 0.25) is 5.02 Å². The van der Waals surface area contributed by atoms with E-state index in [2.05, 4.69) is 20.0 Å². The third-order valence-electron chi connectivity index (χ3n) is 3.41. The smallest absolute Gasteiger partial charge is 0.231 e. The van der Waals surface area contributed by atoms with Crippen LogP contribution in [0.4, 0.5) is 5.69 Å². The van der Waals surface area contributed by atoms with Crippen molar-refractivity contribution in [2.45, 2.75) is 25.7 Å². The Morgan fingerprint density at radius 2 is 2.37 bits per heavy atom. The number of aryl methyl sites for hydroxylation is 1. The molecule has 2 aromatic heterocycles. The Labute approximate surface area is 116 Å². The van der Waals surface area contributed by atoms with Gasteiger partial charge in [0.15, 0.2) is 5.82 Å². The molecule has 0 aliphatic carbocycles. The Morgan fingerprint density at radius 3 is 3.11 bits per heavy atom. The van der Waals surface area contributed by atoms with Crippen LogP contribution in [0.15, 0.2) is 23.0 Å². The summed E-state index contributed by atoms with van der Waals surface area (Å²) in [6, 6.07) is 1.95. The second-order valence-corrected chi connectivity index (χ2v) is 5.20. The Kier molecular flexibility index (Phi) is 3.38. The highest BCUT2D eigenvalue weighted by Gasteiger charge is 2.26. The summed E-state index contributed by atoms with van der Waals surface area (Å²) in [5.74, 6) is 1.70. The van der Waals surface area contributed by atoms with Crippen molar-refractivity contribution in [3.8, 4) is 0 Å². The average Bonchev–Trinajstić information content (AvgIpc) is 2.86. The van der Waals surface area contributed by atoms with Crippen molar-refractivity contribution < 1.29 is 4.52 Å². The molecule has 0 spiro atoms. The van der Waals surface area contributed by atoms with Gasteiger partial charge in [-0.05, 0) is 25.8 Å². The van der Waals surface area contributed by atoms with Gasteiger partial charge in [0.25, 0.3) is 0 Å². The quantitative estimate of drug-likeness (QED) is 0.845. The van der Waals surface area contributed by atoms with Gasteiger partial charge in [-0.25, -0.2) is 0 Å². The minimum Gasteiger partial charge on any atom is -0.369 e. The van der Waals surface area contributed by atoms with Crippen molar-refractivity contribution in [1.82, 2.24) is 15.1 Å². The monoisotopic (exact) mass is 278 g/mol. The Morgan fingerprint density at radius 1 is 1.47 bits per heavy atom. The summed E-state index contributed by atoms with van der Waals surface area (Å²) in [6.07, 6.45) is 5.60. The molecule has 2 aromatic rings. The fourth-order valence-electron chi connectivity index (χ4n) is 2.50. The minimum absolute atomic E-state index is 0.277. The van der Waals surface area contributed by atoms with Crippen molar-refractivity contribution in [1.29, 1.82) is 0 Å². The van der Waals surface area contributed by atoms with Gasteiger partial charge in [0.2, 0.25) is 5.89 Å². The van der Waals surface area contributed by atoms with E-state index in [4.69, 9.17) is 16.1 Å². The SMILES string of the molecule is Cc1noc([C@@H]2CCCN(c3ccncc3Cl)C2)n1. The van der Waals surface area contributed by atoms with Crippen molar-refractivity contribution in [2.24, 2.45) is 0 Å². The maximum atomic E-state index is 6.20. The van der Waals surface area contributed by atoms with Gasteiger partial charge in [-0.1, -0.05) is 16.8 Å². The number of rotatable bonds is 2. The van der Waals surface area contributed by atoms with Gasteiger partial charge in [-0.2, -0.15) is 4.98 Å². The lowest BCUT2D eigenvalue weighted by molar-refractivity contribution is 0.331. The molecule has 6 heteroatoms. The number of aromatic nitrogens is 3. The van der Waals surface area contributed by atoms with Crippen molar-refractivity contribution in [2.75, 3.05) is 18.0 Å². The highest BCUT2D eigenvalue weighted by molar-refractivity contribution is 6.33. The molecule has 0 radical (unpaired) electrons. The molecule has 3 rings (SSSR count). The molecule has 1 fully saturated rings. The molecule has 5 nitrogen and oxygen atoms in total. The van der Waals surface area contributed by atoms with Crippen LogP contribution in [0.1, 0.15) is 30.5 Å². The number of nitrogens with zero attached hydrogens (tertiary/aromatic N) is 4. The van der Waals surface area contributed by atoms with E-state index in [1.54, 1.807) is 12.4 Å². The van der Waals surface area contributed by atoms with Crippen molar-refractivity contribution >= 4 is 17.3 Å². The lowest BCUT2D eigenvalue weighted by Gasteiger charge is -2.33. The van der Waals surface area contributed by atoms with Crippen LogP contribution < -0.4 is 4.90 Å². The molecule has 19 heavy (non-hydrogen) atoms. The first kappa shape index (κ1) is 12.4. The summed E-state index contributed by atoms with van der Waals surface area (Å²) in [6.45, 7) is 3.69. The highest BCUT2D eigenvalue weighted by Crippen LogP contribution is 2.32. The van der Waals surface area contributed by atoms with E-state index < -0.39 is 0 Å². The predicted octanol–water partition coefficient (Wildman–Crippen LogP) is 2.81. The number of anilines is 1. The van der Waals surface area contributed by atoms with Crippen molar-refractivity contribution in [3.05, 3.63) is 35.2 Å². The van der Waals surface area contributed by atoms with Gasteiger partial charge in [-0.15, -0.1) is 0 Å². The molecular formula is C13H15ClN4O. The first-order valence-corrected chi connectivity index (χ1v) is 6.76. The van der Waals surface area contributed by atoms with E-state index in [-0.39, 0.29) is 5.92 Å². The molecule has 1 aliphatic heterocycles. The zero-order valence-corrected chi connectivity index (χ0v) is 11.5. The van der Waals surface area contributed by atoms with E-state index in [1.165, 1.54) is 0 Å². The average molecular weight is 279 g/mol. The number of piperidine rings is 1. The number of hydrogen-bond acceptors (Lipinski definition) is 5. The third-order valence-corrected chi connectivity index (χ3v) is 3.70. The standard InChI is InChI=1S/C13H15ClN4O/c1-9-16-13(19-17-9)10-3-2-6-18(8-10)12-4-5-15-7-11(12)14/h4-5,7,10H,2-3,6,8H2,1H3/t10-/m1/s1. The predicted molar refractivity (Wildman–Crippen MR) is 72.5 cm³/mol. The molecule has 0 unspecified atom stereocenters. The molecular weight excluding hydrogens is 264 g/mol. The molecule has 0 bridgehead atoms. The van der Waals surface area contributed by atoms with Gasteiger partial charge < -0.3 is 9.42 Å². The van der Waals surface area contributed by atoms with Crippen LogP contribution in [0, 0.1) is 6.92 Å².